The maximum atomic E-state index is 13.9. The van der Waals surface area contributed by atoms with Gasteiger partial charge in [0.1, 0.15) is 18.8 Å². The lowest BCUT2D eigenvalue weighted by Gasteiger charge is -2.20. The fraction of sp³-hybridized carbons (Fsp3) is 0.278. The summed E-state index contributed by atoms with van der Waals surface area (Å²) in [5.41, 5.74) is -2.56. The van der Waals surface area contributed by atoms with Gasteiger partial charge in [-0.3, -0.25) is 19.2 Å². The molecule has 0 saturated carbocycles. The van der Waals surface area contributed by atoms with E-state index in [2.05, 4.69) is 10.6 Å². The van der Waals surface area contributed by atoms with Gasteiger partial charge in [0.15, 0.2) is 0 Å². The zero-order valence-corrected chi connectivity index (χ0v) is 27.5. The molecular weight excluding hydrogens is 620 g/mol. The molecule has 4 N–H and O–H groups in total. The number of hydrogen-bond donors (Lipinski definition) is 4. The molecule has 0 spiro atoms. The number of carboxylic acid groups (broad SMARTS) is 2. The van der Waals surface area contributed by atoms with Crippen molar-refractivity contribution in [1.82, 2.24) is 0 Å². The highest BCUT2D eigenvalue weighted by molar-refractivity contribution is 6.29. The third-order valence-electron chi connectivity index (χ3n) is 6.78. The summed E-state index contributed by atoms with van der Waals surface area (Å²) in [6, 6.07) is 16.5. The van der Waals surface area contributed by atoms with Crippen LogP contribution in [0, 0.1) is 10.8 Å². The summed E-state index contributed by atoms with van der Waals surface area (Å²) in [6.07, 6.45) is 1.25. The molecule has 0 aliphatic heterocycles. The molecule has 0 bridgehead atoms. The van der Waals surface area contributed by atoms with Crippen molar-refractivity contribution in [2.75, 3.05) is 10.6 Å². The maximum absolute atomic E-state index is 13.9. The minimum Gasteiger partial charge on any atom is -0.478 e. The van der Waals surface area contributed by atoms with E-state index in [0.29, 0.717) is 5.56 Å². The van der Waals surface area contributed by atoms with Crippen molar-refractivity contribution < 1.29 is 48.5 Å². The van der Waals surface area contributed by atoms with E-state index in [0.717, 1.165) is 0 Å². The number of amides is 2. The molecule has 0 aromatic heterocycles. The average molecular weight is 659 g/mol. The fourth-order valence-corrected chi connectivity index (χ4v) is 4.12. The summed E-state index contributed by atoms with van der Waals surface area (Å²) >= 11 is 0. The highest BCUT2D eigenvalue weighted by atomic mass is 16.5. The number of carbonyl (C=O) groups is 6. The standard InChI is InChI=1S/C36H38N2O10/c1-35(2,3)33(45)47-19-22-14-10-16-24(31(41)42)27(22)37-29(39)26(18-21-12-8-7-9-13-21)30(40)38-28-23(15-11-17-25(28)32(43)44)20-48-34(46)36(4,5)6/h7-18H,19-20H2,1-6H3,(H,37,39)(H,38,40)(H,41,42)(H,43,44). The second kappa shape index (κ2) is 15.2. The Balaban J connectivity index is 2.07. The number of para-hydroxylation sites is 2. The molecule has 0 fully saturated rings. The van der Waals surface area contributed by atoms with Gasteiger partial charge in [-0.2, -0.15) is 0 Å². The molecule has 0 atom stereocenters. The van der Waals surface area contributed by atoms with Crippen molar-refractivity contribution in [3.63, 3.8) is 0 Å². The van der Waals surface area contributed by atoms with E-state index in [1.165, 1.54) is 42.5 Å². The van der Waals surface area contributed by atoms with Crippen LogP contribution in [0.1, 0.15) is 78.9 Å². The van der Waals surface area contributed by atoms with Crippen LogP contribution in [0.3, 0.4) is 0 Å². The molecule has 0 saturated heterocycles. The van der Waals surface area contributed by atoms with Crippen LogP contribution in [0.4, 0.5) is 11.4 Å². The van der Waals surface area contributed by atoms with Crippen LogP contribution >= 0.6 is 0 Å². The molecule has 12 heteroatoms. The number of carbonyl (C=O) groups excluding carboxylic acids is 4. The van der Waals surface area contributed by atoms with Crippen molar-refractivity contribution >= 4 is 53.1 Å². The normalized spacial score (nSPS) is 11.1. The number of aromatic carboxylic acids is 2. The first-order chi connectivity index (χ1) is 22.4. The lowest BCUT2D eigenvalue weighted by atomic mass is 9.97. The number of benzene rings is 3. The molecule has 3 rings (SSSR count). The van der Waals surface area contributed by atoms with Gasteiger partial charge in [0.05, 0.1) is 33.3 Å². The van der Waals surface area contributed by atoms with Crippen molar-refractivity contribution in [2.45, 2.75) is 54.8 Å². The van der Waals surface area contributed by atoms with Gasteiger partial charge >= 0.3 is 23.9 Å². The molecule has 48 heavy (non-hydrogen) atoms. The molecule has 3 aromatic carbocycles. The lowest BCUT2D eigenvalue weighted by Crippen LogP contribution is -2.28. The lowest BCUT2D eigenvalue weighted by molar-refractivity contribution is -0.155. The van der Waals surface area contributed by atoms with Gasteiger partial charge in [0.2, 0.25) is 0 Å². The van der Waals surface area contributed by atoms with E-state index in [1.807, 2.05) is 0 Å². The Bertz CT molecular complexity index is 1660. The van der Waals surface area contributed by atoms with Gasteiger partial charge in [-0.15, -0.1) is 0 Å². The molecule has 3 aromatic rings. The van der Waals surface area contributed by atoms with E-state index in [-0.39, 0.29) is 46.8 Å². The molecular formula is C36H38N2O10. The highest BCUT2D eigenvalue weighted by Gasteiger charge is 2.28. The van der Waals surface area contributed by atoms with Gasteiger partial charge in [0.25, 0.3) is 11.8 Å². The first-order valence-electron chi connectivity index (χ1n) is 14.8. The number of ether oxygens (including phenoxy) is 2. The predicted molar refractivity (Wildman–Crippen MR) is 177 cm³/mol. The van der Waals surface area contributed by atoms with Crippen LogP contribution in [0.5, 0.6) is 0 Å². The van der Waals surface area contributed by atoms with E-state index >= 15 is 0 Å². The molecule has 0 radical (unpaired) electrons. The third-order valence-corrected chi connectivity index (χ3v) is 6.78. The number of carboxylic acids is 2. The zero-order valence-electron chi connectivity index (χ0n) is 27.5. The molecule has 12 nitrogen and oxygen atoms in total. The zero-order chi connectivity index (χ0) is 35.8. The van der Waals surface area contributed by atoms with Crippen LogP contribution in [0.2, 0.25) is 0 Å². The third kappa shape index (κ3) is 9.61. The largest absolute Gasteiger partial charge is 0.478 e. The summed E-state index contributed by atoms with van der Waals surface area (Å²) < 4.78 is 10.7. The van der Waals surface area contributed by atoms with Crippen LogP contribution in [0.25, 0.3) is 6.08 Å². The Morgan fingerprint density at radius 1 is 0.604 bits per heavy atom. The fourth-order valence-electron chi connectivity index (χ4n) is 4.12. The summed E-state index contributed by atoms with van der Waals surface area (Å²) in [7, 11) is 0. The quantitative estimate of drug-likeness (QED) is 0.0834. The number of esters is 2. The number of rotatable bonds is 11. The van der Waals surface area contributed by atoms with Gasteiger partial charge in [0, 0.05) is 11.1 Å². The monoisotopic (exact) mass is 658 g/mol. The smallest absolute Gasteiger partial charge is 0.337 e. The van der Waals surface area contributed by atoms with Gasteiger partial charge < -0.3 is 30.3 Å². The number of anilines is 2. The van der Waals surface area contributed by atoms with Crippen molar-refractivity contribution in [1.29, 1.82) is 0 Å². The molecule has 0 aliphatic carbocycles. The predicted octanol–water partition coefficient (Wildman–Crippen LogP) is 5.92. The van der Waals surface area contributed by atoms with Crippen LogP contribution in [-0.2, 0) is 41.9 Å². The SMILES string of the molecule is CC(C)(C)C(=O)OCc1cccc(C(=O)O)c1NC(=O)C(=Cc1ccccc1)C(=O)Nc1c(COC(=O)C(C)(C)C)cccc1C(=O)O. The van der Waals surface area contributed by atoms with Gasteiger partial charge in [-0.25, -0.2) is 9.59 Å². The number of hydrogen-bond acceptors (Lipinski definition) is 8. The van der Waals surface area contributed by atoms with Crippen molar-refractivity contribution in [3.05, 3.63) is 100 Å². The molecule has 2 amide bonds. The second-order valence-corrected chi connectivity index (χ2v) is 12.8. The minimum absolute atomic E-state index is 0.152. The van der Waals surface area contributed by atoms with E-state index in [9.17, 15) is 39.0 Å². The Morgan fingerprint density at radius 3 is 1.35 bits per heavy atom. The topological polar surface area (TPSA) is 185 Å². The first kappa shape index (κ1) is 36.7. The summed E-state index contributed by atoms with van der Waals surface area (Å²) in [5.74, 6) is -5.99. The minimum atomic E-state index is -1.39. The first-order valence-corrected chi connectivity index (χ1v) is 14.8. The average Bonchev–Trinajstić information content (AvgIpc) is 3.01. The molecule has 0 aliphatic rings. The van der Waals surface area contributed by atoms with E-state index in [1.54, 1.807) is 71.9 Å². The maximum Gasteiger partial charge on any atom is 0.337 e. The van der Waals surface area contributed by atoms with E-state index in [4.69, 9.17) is 9.47 Å². The molecule has 252 valence electrons. The Morgan fingerprint density at radius 2 is 1.00 bits per heavy atom. The second-order valence-electron chi connectivity index (χ2n) is 12.8. The van der Waals surface area contributed by atoms with Gasteiger partial charge in [-0.05, 0) is 65.3 Å². The van der Waals surface area contributed by atoms with Crippen LogP contribution in [0.15, 0.2) is 72.3 Å². The van der Waals surface area contributed by atoms with Crippen LogP contribution in [-0.4, -0.2) is 45.9 Å². The highest BCUT2D eigenvalue weighted by Crippen LogP contribution is 2.28. The van der Waals surface area contributed by atoms with Crippen molar-refractivity contribution in [2.24, 2.45) is 10.8 Å². The Labute approximate surface area is 277 Å². The molecule has 0 unspecified atom stereocenters. The molecule has 0 heterocycles. The summed E-state index contributed by atoms with van der Waals surface area (Å²) in [6.45, 7) is 9.13. The summed E-state index contributed by atoms with van der Waals surface area (Å²) in [5, 5.41) is 24.8. The Hall–Kier alpha value is -5.78. The number of nitrogens with one attached hydrogen (secondary N) is 2. The Kier molecular flexibility index (Phi) is 11.6. The summed E-state index contributed by atoms with van der Waals surface area (Å²) in [4.78, 5) is 76.9. The van der Waals surface area contributed by atoms with E-state index < -0.39 is 52.1 Å². The van der Waals surface area contributed by atoms with Crippen molar-refractivity contribution in [3.8, 4) is 0 Å². The van der Waals surface area contributed by atoms with Gasteiger partial charge in [-0.1, -0.05) is 54.6 Å². The van der Waals surface area contributed by atoms with Crippen LogP contribution < -0.4 is 10.6 Å².